The fourth-order valence-corrected chi connectivity index (χ4v) is 2.48. The maximum Gasteiger partial charge on any atom is 0.190 e. The molecule has 2 fully saturated rings. The van der Waals surface area contributed by atoms with Gasteiger partial charge < -0.3 is 14.6 Å². The summed E-state index contributed by atoms with van der Waals surface area (Å²) in [5.41, 5.74) is 0. The van der Waals surface area contributed by atoms with Crippen LogP contribution in [0.4, 0.5) is 0 Å². The molecule has 0 amide bonds. The van der Waals surface area contributed by atoms with Gasteiger partial charge in [0.2, 0.25) is 0 Å². The van der Waals surface area contributed by atoms with Gasteiger partial charge in [0.15, 0.2) is 11.6 Å². The van der Waals surface area contributed by atoms with Gasteiger partial charge in [-0.05, 0) is 19.3 Å². The van der Waals surface area contributed by atoms with Crippen LogP contribution in [0, 0.1) is 0 Å². The first-order chi connectivity index (χ1) is 7.67. The molecule has 2 rings (SSSR count). The topological polar surface area (TPSA) is 55.8 Å². The summed E-state index contributed by atoms with van der Waals surface area (Å²) in [5, 5.41) is 9.77. The first-order valence-corrected chi connectivity index (χ1v) is 6.19. The van der Waals surface area contributed by atoms with Gasteiger partial charge in [-0.15, -0.1) is 0 Å². The number of ether oxygens (including phenoxy) is 2. The molecular weight excluding hydrogens is 208 g/mol. The van der Waals surface area contributed by atoms with Crippen LogP contribution in [0.5, 0.6) is 0 Å². The fraction of sp³-hybridized carbons (Fsp3) is 0.917. The average molecular weight is 228 g/mol. The lowest BCUT2D eigenvalue weighted by Gasteiger charge is -2.43. The van der Waals surface area contributed by atoms with Crippen molar-refractivity contribution in [2.24, 2.45) is 0 Å². The SMILES string of the molecule is CC[C@@H](O)[C@H]1OC2(CCCCC2)OCC1=O. The number of hydrogen-bond donors (Lipinski definition) is 1. The Kier molecular flexibility index (Phi) is 3.62. The number of carbonyl (C=O) groups is 1. The molecule has 1 N–H and O–H groups in total. The monoisotopic (exact) mass is 228 g/mol. The van der Waals surface area contributed by atoms with Gasteiger partial charge in [0.05, 0.1) is 6.10 Å². The summed E-state index contributed by atoms with van der Waals surface area (Å²) in [6, 6.07) is 0. The maximum atomic E-state index is 11.6. The molecule has 0 aromatic carbocycles. The number of hydrogen-bond acceptors (Lipinski definition) is 4. The second-order valence-electron chi connectivity index (χ2n) is 4.74. The van der Waals surface area contributed by atoms with E-state index in [4.69, 9.17) is 9.47 Å². The van der Waals surface area contributed by atoms with Crippen LogP contribution < -0.4 is 0 Å². The Balaban J connectivity index is 2.05. The molecule has 2 aliphatic rings. The highest BCUT2D eigenvalue weighted by Gasteiger charge is 2.44. The van der Waals surface area contributed by atoms with Gasteiger partial charge in [-0.2, -0.15) is 0 Å². The molecule has 2 atom stereocenters. The van der Waals surface area contributed by atoms with E-state index in [0.29, 0.717) is 6.42 Å². The molecule has 4 heteroatoms. The molecule has 1 spiro atoms. The van der Waals surface area contributed by atoms with Crippen LogP contribution in [0.2, 0.25) is 0 Å². The van der Waals surface area contributed by atoms with Crippen molar-refractivity contribution >= 4 is 5.78 Å². The number of rotatable bonds is 2. The molecule has 0 bridgehead atoms. The average Bonchev–Trinajstić information content (AvgIpc) is 2.33. The largest absolute Gasteiger partial charge is 0.390 e. The summed E-state index contributed by atoms with van der Waals surface area (Å²) in [5.74, 6) is -0.724. The third-order valence-corrected chi connectivity index (χ3v) is 3.52. The van der Waals surface area contributed by atoms with Crippen LogP contribution in [0.3, 0.4) is 0 Å². The zero-order chi connectivity index (χ0) is 11.6. The molecule has 1 heterocycles. The Bertz CT molecular complexity index is 258. The highest BCUT2D eigenvalue weighted by molar-refractivity contribution is 5.85. The summed E-state index contributed by atoms with van der Waals surface area (Å²) in [6.07, 6.45) is 4.18. The molecule has 1 saturated carbocycles. The van der Waals surface area contributed by atoms with Crippen LogP contribution in [0.25, 0.3) is 0 Å². The minimum absolute atomic E-state index is 0.0850. The van der Waals surface area contributed by atoms with Crippen LogP contribution >= 0.6 is 0 Å². The van der Waals surface area contributed by atoms with Crippen LogP contribution in [-0.2, 0) is 14.3 Å². The molecule has 1 aliphatic heterocycles. The van der Waals surface area contributed by atoms with Crippen LogP contribution in [-0.4, -0.2) is 35.5 Å². The quantitative estimate of drug-likeness (QED) is 0.776. The number of aliphatic hydroxyl groups excluding tert-OH is 1. The lowest BCUT2D eigenvalue weighted by Crippen LogP contribution is -2.54. The second-order valence-corrected chi connectivity index (χ2v) is 4.74. The van der Waals surface area contributed by atoms with Crippen molar-refractivity contribution in [2.45, 2.75) is 63.4 Å². The standard InChI is InChI=1S/C12H20O4/c1-2-9(13)11-10(14)8-15-12(16-11)6-4-3-5-7-12/h9,11,13H,2-8H2,1H3/t9-,11-/m1/s1. The Labute approximate surface area is 95.9 Å². The minimum atomic E-state index is -0.699. The van der Waals surface area contributed by atoms with E-state index in [0.717, 1.165) is 25.7 Å². The molecule has 1 saturated heterocycles. The van der Waals surface area contributed by atoms with Crippen molar-refractivity contribution in [3.05, 3.63) is 0 Å². The molecule has 0 radical (unpaired) electrons. The molecule has 16 heavy (non-hydrogen) atoms. The predicted octanol–water partition coefficient (Wildman–Crippen LogP) is 1.40. The second kappa shape index (κ2) is 4.82. The van der Waals surface area contributed by atoms with Gasteiger partial charge in [0.25, 0.3) is 0 Å². The normalized spacial score (nSPS) is 31.6. The molecule has 0 unspecified atom stereocenters. The van der Waals surface area contributed by atoms with E-state index in [1.54, 1.807) is 0 Å². The smallest absolute Gasteiger partial charge is 0.190 e. The van der Waals surface area contributed by atoms with Gasteiger partial charge in [-0.25, -0.2) is 0 Å². The van der Waals surface area contributed by atoms with E-state index >= 15 is 0 Å². The van der Waals surface area contributed by atoms with Crippen molar-refractivity contribution < 1.29 is 19.4 Å². The van der Waals surface area contributed by atoms with Gasteiger partial charge in [-0.1, -0.05) is 13.3 Å². The van der Waals surface area contributed by atoms with Crippen LogP contribution in [0.15, 0.2) is 0 Å². The van der Waals surface area contributed by atoms with Crippen LogP contribution in [0.1, 0.15) is 45.4 Å². The number of carbonyl (C=O) groups excluding carboxylic acids is 1. The predicted molar refractivity (Wildman–Crippen MR) is 57.9 cm³/mol. The summed E-state index contributed by atoms with van der Waals surface area (Å²) in [6.45, 7) is 1.94. The van der Waals surface area contributed by atoms with Gasteiger partial charge >= 0.3 is 0 Å². The highest BCUT2D eigenvalue weighted by Crippen LogP contribution is 2.36. The summed E-state index contributed by atoms with van der Waals surface area (Å²) in [4.78, 5) is 11.6. The number of aliphatic hydroxyl groups is 1. The summed E-state index contributed by atoms with van der Waals surface area (Å²) < 4.78 is 11.3. The van der Waals surface area contributed by atoms with Gasteiger partial charge in [-0.3, -0.25) is 4.79 Å². The van der Waals surface area contributed by atoms with E-state index in [9.17, 15) is 9.90 Å². The first kappa shape index (κ1) is 12.0. The van der Waals surface area contributed by atoms with E-state index in [1.165, 1.54) is 6.42 Å². The summed E-state index contributed by atoms with van der Waals surface area (Å²) in [7, 11) is 0. The third-order valence-electron chi connectivity index (χ3n) is 3.52. The van der Waals surface area contributed by atoms with E-state index in [2.05, 4.69) is 0 Å². The lowest BCUT2D eigenvalue weighted by atomic mass is 9.92. The molecule has 92 valence electrons. The van der Waals surface area contributed by atoms with Crippen molar-refractivity contribution in [1.82, 2.24) is 0 Å². The summed E-state index contributed by atoms with van der Waals surface area (Å²) >= 11 is 0. The molecule has 4 nitrogen and oxygen atoms in total. The molecule has 0 aromatic rings. The first-order valence-electron chi connectivity index (χ1n) is 6.19. The van der Waals surface area contributed by atoms with Crippen molar-refractivity contribution in [3.63, 3.8) is 0 Å². The number of ketones is 1. The van der Waals surface area contributed by atoms with Gasteiger partial charge in [0, 0.05) is 12.8 Å². The molecule has 0 aromatic heterocycles. The minimum Gasteiger partial charge on any atom is -0.390 e. The maximum absolute atomic E-state index is 11.6. The van der Waals surface area contributed by atoms with Crippen molar-refractivity contribution in [2.75, 3.05) is 6.61 Å². The Morgan fingerprint density at radius 3 is 2.75 bits per heavy atom. The zero-order valence-corrected chi connectivity index (χ0v) is 9.78. The van der Waals surface area contributed by atoms with E-state index in [-0.39, 0.29) is 12.4 Å². The molecule has 1 aliphatic carbocycles. The van der Waals surface area contributed by atoms with Crippen molar-refractivity contribution in [1.29, 1.82) is 0 Å². The van der Waals surface area contributed by atoms with E-state index in [1.807, 2.05) is 6.92 Å². The Hall–Kier alpha value is -0.450. The third kappa shape index (κ3) is 2.29. The van der Waals surface area contributed by atoms with Crippen molar-refractivity contribution in [3.8, 4) is 0 Å². The Morgan fingerprint density at radius 1 is 1.44 bits per heavy atom. The molecular formula is C12H20O4. The van der Waals surface area contributed by atoms with Gasteiger partial charge in [0.1, 0.15) is 12.7 Å². The zero-order valence-electron chi connectivity index (χ0n) is 9.78. The highest BCUT2D eigenvalue weighted by atomic mass is 16.7. The number of Topliss-reactive ketones (excluding diaryl/α,β-unsaturated/α-hetero) is 1. The van der Waals surface area contributed by atoms with E-state index < -0.39 is 18.0 Å². The Morgan fingerprint density at radius 2 is 2.12 bits per heavy atom. The fourth-order valence-electron chi connectivity index (χ4n) is 2.48. The lowest BCUT2D eigenvalue weighted by molar-refractivity contribution is -0.299.